The first-order chi connectivity index (χ1) is 15.3. The van der Waals surface area contributed by atoms with Crippen LogP contribution in [0, 0.1) is 5.82 Å². The minimum absolute atomic E-state index is 0.0173. The van der Waals surface area contributed by atoms with Gasteiger partial charge in [-0.3, -0.25) is 4.79 Å². The number of nitrogens with one attached hydrogen (secondary N) is 1. The number of anilines is 1. The van der Waals surface area contributed by atoms with Gasteiger partial charge in [0.2, 0.25) is 5.88 Å². The topological polar surface area (TPSA) is 112 Å². The summed E-state index contributed by atoms with van der Waals surface area (Å²) in [5.41, 5.74) is -0.128. The van der Waals surface area contributed by atoms with Crippen molar-refractivity contribution >= 4 is 27.1 Å². The summed E-state index contributed by atoms with van der Waals surface area (Å²) in [6.07, 6.45) is 5.20. The van der Waals surface area contributed by atoms with Crippen LogP contribution in [0.5, 0.6) is 5.88 Å². The number of pyridine rings is 1. The molecule has 1 saturated carbocycles. The number of rotatable bonds is 6. The Kier molecular flexibility index (Phi) is 6.96. The molecular weight excluding hydrogens is 463 g/mol. The summed E-state index contributed by atoms with van der Waals surface area (Å²) >= 11 is 6.28. The fraction of sp³-hybridized carbons (Fsp3) is 0.550. The molecule has 4 rings (SSSR count). The summed E-state index contributed by atoms with van der Waals surface area (Å²) in [5, 5.41) is 6.47. The van der Waals surface area contributed by atoms with E-state index in [1.54, 1.807) is 0 Å². The Balaban J connectivity index is 1.36. The van der Waals surface area contributed by atoms with Crippen molar-refractivity contribution in [3.63, 3.8) is 0 Å². The lowest BCUT2D eigenvalue weighted by Gasteiger charge is -2.29. The third-order valence-corrected chi connectivity index (χ3v) is 8.18. The summed E-state index contributed by atoms with van der Waals surface area (Å²) < 4.78 is 49.6. The average Bonchev–Trinajstić information content (AvgIpc) is 2.78. The van der Waals surface area contributed by atoms with Crippen LogP contribution in [0.25, 0.3) is 0 Å². The van der Waals surface area contributed by atoms with Gasteiger partial charge >= 0.3 is 0 Å². The van der Waals surface area contributed by atoms with Crippen molar-refractivity contribution in [2.24, 2.45) is 0 Å². The molecule has 174 valence electrons. The van der Waals surface area contributed by atoms with Crippen molar-refractivity contribution in [3.8, 4) is 5.88 Å². The second kappa shape index (κ2) is 9.72. The molecule has 0 bridgehead atoms. The van der Waals surface area contributed by atoms with E-state index in [4.69, 9.17) is 21.1 Å². The van der Waals surface area contributed by atoms with Crippen LogP contribution in [0.2, 0.25) is 5.02 Å². The number of halogens is 2. The fourth-order valence-corrected chi connectivity index (χ4v) is 5.43. The van der Waals surface area contributed by atoms with Gasteiger partial charge in [-0.1, -0.05) is 11.6 Å². The third kappa shape index (κ3) is 5.21. The summed E-state index contributed by atoms with van der Waals surface area (Å²) in [4.78, 5) is 16.7. The lowest BCUT2D eigenvalue weighted by atomic mass is 9.93. The Hall–Kier alpha value is -2.24. The molecule has 9 nitrogen and oxygen atoms in total. The van der Waals surface area contributed by atoms with Gasteiger partial charge in [-0.25, -0.2) is 22.5 Å². The molecule has 2 fully saturated rings. The number of ether oxygens (including phenoxy) is 2. The molecule has 0 spiro atoms. The molecule has 12 heteroatoms. The molecule has 1 saturated heterocycles. The van der Waals surface area contributed by atoms with Crippen molar-refractivity contribution in [1.82, 2.24) is 14.8 Å². The molecule has 32 heavy (non-hydrogen) atoms. The zero-order valence-corrected chi connectivity index (χ0v) is 18.8. The first kappa shape index (κ1) is 22.9. The quantitative estimate of drug-likeness (QED) is 0.661. The monoisotopic (exact) mass is 486 g/mol. The van der Waals surface area contributed by atoms with E-state index < -0.39 is 26.5 Å². The third-order valence-electron chi connectivity index (χ3n) is 5.76. The molecule has 0 unspecified atom stereocenters. The standard InChI is InChI=1S/C20H24ClFN4O5S/c21-19-17(23-10-16-12-30-7-8-32(16,28)29)11-25-26(20(19)27)14-2-4-15(5-3-14)31-18-6-1-13(22)9-24-18/h1,6,9,11,14-16,23H,2-5,7-8,10,12H2/t14-,15-,16-/m1/s1. The lowest BCUT2D eigenvalue weighted by molar-refractivity contribution is 0.123. The maximum atomic E-state index is 13.0. The van der Waals surface area contributed by atoms with Crippen molar-refractivity contribution in [1.29, 1.82) is 0 Å². The molecule has 3 heterocycles. The van der Waals surface area contributed by atoms with Gasteiger partial charge in [-0.15, -0.1) is 0 Å². The van der Waals surface area contributed by atoms with Gasteiger partial charge in [0, 0.05) is 12.6 Å². The summed E-state index contributed by atoms with van der Waals surface area (Å²) in [6.45, 7) is 0.397. The van der Waals surface area contributed by atoms with E-state index in [1.807, 2.05) is 0 Å². The molecule has 2 aliphatic rings. The van der Waals surface area contributed by atoms with Crippen molar-refractivity contribution < 1.29 is 22.3 Å². The number of hydrogen-bond acceptors (Lipinski definition) is 8. The molecule has 1 N–H and O–H groups in total. The highest BCUT2D eigenvalue weighted by atomic mass is 35.5. The van der Waals surface area contributed by atoms with Crippen LogP contribution in [0.1, 0.15) is 31.7 Å². The normalized spacial score (nSPS) is 25.2. The minimum Gasteiger partial charge on any atom is -0.474 e. The maximum Gasteiger partial charge on any atom is 0.287 e. The van der Waals surface area contributed by atoms with Crippen LogP contribution in [-0.2, 0) is 14.6 Å². The maximum absolute atomic E-state index is 13.0. The van der Waals surface area contributed by atoms with Gasteiger partial charge in [-0.05, 0) is 31.7 Å². The number of nitrogens with zero attached hydrogens (tertiary/aromatic N) is 3. The van der Waals surface area contributed by atoms with E-state index in [0.717, 1.165) is 6.20 Å². The molecule has 2 aromatic rings. The minimum atomic E-state index is -3.24. The van der Waals surface area contributed by atoms with E-state index in [1.165, 1.54) is 23.0 Å². The van der Waals surface area contributed by atoms with E-state index >= 15 is 0 Å². The fourth-order valence-electron chi connectivity index (χ4n) is 3.91. The van der Waals surface area contributed by atoms with Crippen LogP contribution in [0.15, 0.2) is 29.3 Å². The summed E-state index contributed by atoms with van der Waals surface area (Å²) in [7, 11) is -3.24. The highest BCUT2D eigenvalue weighted by Gasteiger charge is 2.30. The predicted molar refractivity (Wildman–Crippen MR) is 117 cm³/mol. The van der Waals surface area contributed by atoms with Gasteiger partial charge in [0.15, 0.2) is 9.84 Å². The number of aromatic nitrogens is 3. The zero-order chi connectivity index (χ0) is 22.7. The Morgan fingerprint density at radius 1 is 1.25 bits per heavy atom. The smallest absolute Gasteiger partial charge is 0.287 e. The Labute approximate surface area is 189 Å². The first-order valence-corrected chi connectivity index (χ1v) is 12.5. The largest absolute Gasteiger partial charge is 0.474 e. The van der Waals surface area contributed by atoms with Gasteiger partial charge in [0.1, 0.15) is 22.2 Å². The zero-order valence-electron chi connectivity index (χ0n) is 17.2. The molecular formula is C20H24ClFN4O5S. The van der Waals surface area contributed by atoms with E-state index in [2.05, 4.69) is 15.4 Å². The second-order valence-electron chi connectivity index (χ2n) is 7.93. The van der Waals surface area contributed by atoms with Gasteiger partial charge in [0.05, 0.1) is 43.1 Å². The summed E-state index contributed by atoms with van der Waals surface area (Å²) in [6, 6.07) is 2.66. The molecule has 2 aromatic heterocycles. The van der Waals surface area contributed by atoms with Crippen LogP contribution in [-0.4, -0.2) is 60.0 Å². The average molecular weight is 487 g/mol. The van der Waals surface area contributed by atoms with Gasteiger partial charge in [-0.2, -0.15) is 5.10 Å². The van der Waals surface area contributed by atoms with Crippen LogP contribution < -0.4 is 15.6 Å². The van der Waals surface area contributed by atoms with Crippen LogP contribution >= 0.6 is 11.6 Å². The SMILES string of the molecule is O=c1c(Cl)c(NC[C@@H]2COCCS2(=O)=O)cnn1[C@H]1CC[C@H](Oc2ccc(F)cn2)CC1. The van der Waals surface area contributed by atoms with Crippen LogP contribution in [0.3, 0.4) is 0 Å². The molecule has 0 amide bonds. The highest BCUT2D eigenvalue weighted by Crippen LogP contribution is 2.30. The molecule has 0 radical (unpaired) electrons. The Morgan fingerprint density at radius 3 is 2.72 bits per heavy atom. The number of hydrogen-bond donors (Lipinski definition) is 1. The number of sulfone groups is 1. The lowest BCUT2D eigenvalue weighted by Crippen LogP contribution is -2.41. The van der Waals surface area contributed by atoms with E-state index in [-0.39, 0.29) is 42.7 Å². The molecule has 1 aliphatic carbocycles. The van der Waals surface area contributed by atoms with Gasteiger partial charge in [0.25, 0.3) is 5.56 Å². The molecule has 1 aliphatic heterocycles. The highest BCUT2D eigenvalue weighted by molar-refractivity contribution is 7.92. The van der Waals surface area contributed by atoms with E-state index in [0.29, 0.717) is 37.3 Å². The summed E-state index contributed by atoms with van der Waals surface area (Å²) in [5.74, 6) is -0.0692. The van der Waals surface area contributed by atoms with Crippen molar-refractivity contribution in [2.45, 2.75) is 43.1 Å². The predicted octanol–water partition coefficient (Wildman–Crippen LogP) is 2.22. The molecule has 0 aromatic carbocycles. The van der Waals surface area contributed by atoms with Crippen molar-refractivity contribution in [3.05, 3.63) is 45.7 Å². The Bertz CT molecular complexity index is 1100. The van der Waals surface area contributed by atoms with Gasteiger partial charge < -0.3 is 14.8 Å². The Morgan fingerprint density at radius 2 is 2.03 bits per heavy atom. The van der Waals surface area contributed by atoms with Crippen LogP contribution in [0.4, 0.5) is 10.1 Å². The molecule has 1 atom stereocenters. The van der Waals surface area contributed by atoms with Crippen molar-refractivity contribution in [2.75, 3.05) is 30.8 Å². The second-order valence-corrected chi connectivity index (χ2v) is 10.7. The first-order valence-electron chi connectivity index (χ1n) is 10.4. The van der Waals surface area contributed by atoms with E-state index in [9.17, 15) is 17.6 Å².